The molecular formula is C9H13N3O3S. The van der Waals surface area contributed by atoms with E-state index in [1.807, 2.05) is 0 Å². The Morgan fingerprint density at radius 1 is 1.62 bits per heavy atom. The Labute approximate surface area is 96.8 Å². The first kappa shape index (κ1) is 12.6. The second kappa shape index (κ2) is 5.57. The van der Waals surface area contributed by atoms with Crippen LogP contribution in [0, 0.1) is 10.1 Å². The van der Waals surface area contributed by atoms with Crippen molar-refractivity contribution in [2.24, 2.45) is 5.73 Å². The number of carbonyl (C=O) groups excluding carboxylic acids is 1. The molecule has 0 aliphatic carbocycles. The summed E-state index contributed by atoms with van der Waals surface area (Å²) >= 11 is 0.889. The Morgan fingerprint density at radius 2 is 2.31 bits per heavy atom. The number of nitrogens with two attached hydrogens (primary N) is 1. The SMILES string of the molecule is CN(CCCN)C(=O)c1ccc([N+](=O)[O-])s1. The molecule has 0 aliphatic rings. The van der Waals surface area contributed by atoms with Crippen LogP contribution in [0.3, 0.4) is 0 Å². The zero-order valence-electron chi connectivity index (χ0n) is 8.88. The highest BCUT2D eigenvalue weighted by Crippen LogP contribution is 2.24. The van der Waals surface area contributed by atoms with Crippen LogP contribution in [0.15, 0.2) is 12.1 Å². The third kappa shape index (κ3) is 3.01. The Bertz CT molecular complexity index is 391. The predicted molar refractivity (Wildman–Crippen MR) is 61.6 cm³/mol. The third-order valence-electron chi connectivity index (χ3n) is 2.03. The lowest BCUT2D eigenvalue weighted by Crippen LogP contribution is -2.28. The molecule has 1 rings (SSSR count). The highest BCUT2D eigenvalue weighted by atomic mass is 32.1. The zero-order valence-corrected chi connectivity index (χ0v) is 9.70. The highest BCUT2D eigenvalue weighted by Gasteiger charge is 2.17. The molecule has 1 aromatic heterocycles. The largest absolute Gasteiger partial charge is 0.341 e. The van der Waals surface area contributed by atoms with Crippen LogP contribution in [0.5, 0.6) is 0 Å². The Hall–Kier alpha value is -1.47. The summed E-state index contributed by atoms with van der Waals surface area (Å²) in [4.78, 5) is 23.6. The van der Waals surface area contributed by atoms with Crippen LogP contribution in [0.25, 0.3) is 0 Å². The van der Waals surface area contributed by atoms with Gasteiger partial charge in [0.05, 0.1) is 9.80 Å². The van der Waals surface area contributed by atoms with E-state index >= 15 is 0 Å². The summed E-state index contributed by atoms with van der Waals surface area (Å²) in [6.07, 6.45) is 0.718. The zero-order chi connectivity index (χ0) is 12.1. The summed E-state index contributed by atoms with van der Waals surface area (Å²) in [5.74, 6) is -0.202. The van der Waals surface area contributed by atoms with Crippen LogP contribution in [-0.4, -0.2) is 35.9 Å². The summed E-state index contributed by atoms with van der Waals surface area (Å²) < 4.78 is 0. The molecule has 0 unspecified atom stereocenters. The van der Waals surface area contributed by atoms with Crippen LogP contribution < -0.4 is 5.73 Å². The number of hydrogen-bond donors (Lipinski definition) is 1. The number of hydrogen-bond acceptors (Lipinski definition) is 5. The van der Waals surface area contributed by atoms with Gasteiger partial charge in [0.25, 0.3) is 5.91 Å². The number of carbonyl (C=O) groups is 1. The number of nitro groups is 1. The molecular weight excluding hydrogens is 230 g/mol. The molecule has 0 atom stereocenters. The van der Waals surface area contributed by atoms with Crippen LogP contribution in [0.2, 0.25) is 0 Å². The minimum atomic E-state index is -0.499. The van der Waals surface area contributed by atoms with Gasteiger partial charge in [-0.2, -0.15) is 0 Å². The fourth-order valence-electron chi connectivity index (χ4n) is 1.16. The van der Waals surface area contributed by atoms with E-state index in [2.05, 4.69) is 0 Å². The van der Waals surface area contributed by atoms with Crippen molar-refractivity contribution >= 4 is 22.2 Å². The van der Waals surface area contributed by atoms with Gasteiger partial charge in [-0.3, -0.25) is 14.9 Å². The number of thiophene rings is 1. The average molecular weight is 243 g/mol. The van der Waals surface area contributed by atoms with Gasteiger partial charge in [0.15, 0.2) is 0 Å². The van der Waals surface area contributed by atoms with Crippen LogP contribution >= 0.6 is 11.3 Å². The molecule has 0 bridgehead atoms. The van der Waals surface area contributed by atoms with E-state index in [-0.39, 0.29) is 10.9 Å². The fourth-order valence-corrected chi connectivity index (χ4v) is 1.97. The lowest BCUT2D eigenvalue weighted by Gasteiger charge is -2.14. The van der Waals surface area contributed by atoms with E-state index in [1.54, 1.807) is 7.05 Å². The van der Waals surface area contributed by atoms with Gasteiger partial charge in [-0.25, -0.2) is 0 Å². The molecule has 1 amide bonds. The first-order valence-corrected chi connectivity index (χ1v) is 5.57. The van der Waals surface area contributed by atoms with Crippen LogP contribution in [0.4, 0.5) is 5.00 Å². The number of nitrogens with zero attached hydrogens (tertiary/aromatic N) is 2. The van der Waals surface area contributed by atoms with E-state index in [0.717, 1.165) is 17.8 Å². The molecule has 2 N–H and O–H groups in total. The van der Waals surface area contributed by atoms with E-state index in [0.29, 0.717) is 18.0 Å². The topological polar surface area (TPSA) is 89.5 Å². The summed E-state index contributed by atoms with van der Waals surface area (Å²) in [5.41, 5.74) is 5.33. The molecule has 0 saturated carbocycles. The molecule has 0 aliphatic heterocycles. The van der Waals surface area contributed by atoms with Crippen molar-refractivity contribution in [3.8, 4) is 0 Å². The standard InChI is InChI=1S/C9H13N3O3S/c1-11(6-2-5-10)9(13)7-3-4-8(16-7)12(14)15/h3-4H,2,5-6,10H2,1H3. The maximum absolute atomic E-state index is 11.8. The molecule has 1 heterocycles. The van der Waals surface area contributed by atoms with Gasteiger partial charge < -0.3 is 10.6 Å². The lowest BCUT2D eigenvalue weighted by atomic mass is 10.3. The fraction of sp³-hybridized carbons (Fsp3) is 0.444. The maximum atomic E-state index is 11.8. The minimum absolute atomic E-state index is 0.0180. The first-order valence-electron chi connectivity index (χ1n) is 4.76. The van der Waals surface area contributed by atoms with Gasteiger partial charge in [-0.05, 0) is 19.0 Å². The second-order valence-electron chi connectivity index (χ2n) is 3.26. The summed E-state index contributed by atoms with van der Waals surface area (Å²) in [6.45, 7) is 1.07. The Balaban J connectivity index is 2.68. The Kier molecular flexibility index (Phi) is 4.39. The van der Waals surface area contributed by atoms with E-state index in [1.165, 1.54) is 17.0 Å². The molecule has 7 heteroatoms. The molecule has 88 valence electrons. The second-order valence-corrected chi connectivity index (χ2v) is 4.33. The van der Waals surface area contributed by atoms with Crippen molar-refractivity contribution in [1.29, 1.82) is 0 Å². The van der Waals surface area contributed by atoms with Gasteiger partial charge in [0.1, 0.15) is 0 Å². The van der Waals surface area contributed by atoms with Crippen molar-refractivity contribution in [3.05, 3.63) is 27.1 Å². The van der Waals surface area contributed by atoms with Crippen molar-refractivity contribution < 1.29 is 9.72 Å². The average Bonchev–Trinajstić information content (AvgIpc) is 2.74. The van der Waals surface area contributed by atoms with Crippen molar-refractivity contribution in [3.63, 3.8) is 0 Å². The molecule has 1 aromatic rings. The molecule has 16 heavy (non-hydrogen) atoms. The molecule has 0 spiro atoms. The minimum Gasteiger partial charge on any atom is -0.341 e. The highest BCUT2D eigenvalue weighted by molar-refractivity contribution is 7.17. The van der Waals surface area contributed by atoms with Gasteiger partial charge in [-0.15, -0.1) is 0 Å². The van der Waals surface area contributed by atoms with Crippen LogP contribution in [0.1, 0.15) is 16.1 Å². The molecule has 6 nitrogen and oxygen atoms in total. The normalized spacial score (nSPS) is 10.1. The quantitative estimate of drug-likeness (QED) is 0.619. The van der Waals surface area contributed by atoms with Gasteiger partial charge in [0, 0.05) is 19.7 Å². The van der Waals surface area contributed by atoms with Gasteiger partial charge in [0.2, 0.25) is 0 Å². The molecule has 0 aromatic carbocycles. The summed E-state index contributed by atoms with van der Waals surface area (Å²) in [6, 6.07) is 2.82. The van der Waals surface area contributed by atoms with Crippen LogP contribution in [-0.2, 0) is 0 Å². The molecule has 0 saturated heterocycles. The van der Waals surface area contributed by atoms with E-state index in [4.69, 9.17) is 5.73 Å². The number of rotatable bonds is 5. The van der Waals surface area contributed by atoms with E-state index in [9.17, 15) is 14.9 Å². The molecule has 0 fully saturated rings. The predicted octanol–water partition coefficient (Wildman–Crippen LogP) is 1.08. The Morgan fingerprint density at radius 3 is 2.81 bits per heavy atom. The van der Waals surface area contributed by atoms with Gasteiger partial charge >= 0.3 is 5.00 Å². The number of amides is 1. The van der Waals surface area contributed by atoms with Crippen molar-refractivity contribution in [1.82, 2.24) is 4.90 Å². The smallest absolute Gasteiger partial charge is 0.324 e. The van der Waals surface area contributed by atoms with Crippen molar-refractivity contribution in [2.45, 2.75) is 6.42 Å². The summed E-state index contributed by atoms with van der Waals surface area (Å²) in [7, 11) is 1.66. The third-order valence-corrected chi connectivity index (χ3v) is 3.05. The van der Waals surface area contributed by atoms with Gasteiger partial charge in [-0.1, -0.05) is 11.3 Å². The molecule has 0 radical (unpaired) electrons. The van der Waals surface area contributed by atoms with E-state index < -0.39 is 4.92 Å². The monoisotopic (exact) mass is 243 g/mol. The lowest BCUT2D eigenvalue weighted by molar-refractivity contribution is -0.380. The first-order chi connectivity index (χ1) is 7.56. The summed E-state index contributed by atoms with van der Waals surface area (Å²) in [5, 5.41) is 10.4. The van der Waals surface area contributed by atoms with Crippen molar-refractivity contribution in [2.75, 3.05) is 20.1 Å². The maximum Gasteiger partial charge on any atom is 0.324 e.